The van der Waals surface area contributed by atoms with Crippen LogP contribution in [0, 0.1) is 5.92 Å². The van der Waals surface area contributed by atoms with Gasteiger partial charge in [-0.2, -0.15) is 0 Å². The standard InChI is InChI=1S/C22H16Cl2N2O2/c23-16-11-10-13(12-17(16)24)19-15-8-4-5-9-18(15)26-22(28)20(19)21(27)25-14-6-2-1-3-7-14/h1-12,19-20H,(H,25,27)(H,26,28)/t19-,20+/m1/s1. The lowest BCUT2D eigenvalue weighted by atomic mass is 9.76. The zero-order valence-corrected chi connectivity index (χ0v) is 16.2. The molecule has 1 aliphatic heterocycles. The highest BCUT2D eigenvalue weighted by atomic mass is 35.5. The first kappa shape index (κ1) is 18.5. The second-order valence-electron chi connectivity index (χ2n) is 6.56. The normalized spacial score (nSPS) is 18.1. The van der Waals surface area contributed by atoms with Gasteiger partial charge in [-0.25, -0.2) is 0 Å². The third kappa shape index (κ3) is 3.49. The van der Waals surface area contributed by atoms with E-state index in [-0.39, 0.29) is 11.8 Å². The van der Waals surface area contributed by atoms with Crippen molar-refractivity contribution >= 4 is 46.4 Å². The van der Waals surface area contributed by atoms with E-state index in [1.54, 1.807) is 30.3 Å². The van der Waals surface area contributed by atoms with Crippen molar-refractivity contribution in [2.75, 3.05) is 10.6 Å². The first-order valence-electron chi connectivity index (χ1n) is 8.75. The molecule has 1 heterocycles. The van der Waals surface area contributed by atoms with E-state index in [4.69, 9.17) is 23.2 Å². The lowest BCUT2D eigenvalue weighted by molar-refractivity contribution is -0.130. The van der Waals surface area contributed by atoms with Gasteiger partial charge < -0.3 is 10.6 Å². The number of fused-ring (bicyclic) bond motifs is 1. The van der Waals surface area contributed by atoms with Crippen LogP contribution in [0.25, 0.3) is 0 Å². The van der Waals surface area contributed by atoms with E-state index >= 15 is 0 Å². The number of para-hydroxylation sites is 2. The van der Waals surface area contributed by atoms with Gasteiger partial charge in [-0.05, 0) is 41.5 Å². The van der Waals surface area contributed by atoms with Gasteiger partial charge in [-0.3, -0.25) is 9.59 Å². The third-order valence-electron chi connectivity index (χ3n) is 4.80. The quantitative estimate of drug-likeness (QED) is 0.573. The molecule has 0 saturated carbocycles. The molecule has 4 nitrogen and oxygen atoms in total. The van der Waals surface area contributed by atoms with E-state index in [1.165, 1.54) is 0 Å². The largest absolute Gasteiger partial charge is 0.325 e. The van der Waals surface area contributed by atoms with Crippen molar-refractivity contribution in [1.82, 2.24) is 0 Å². The number of halogens is 2. The van der Waals surface area contributed by atoms with Gasteiger partial charge in [-0.15, -0.1) is 0 Å². The average Bonchev–Trinajstić information content (AvgIpc) is 2.69. The molecule has 2 N–H and O–H groups in total. The van der Waals surface area contributed by atoms with Crippen molar-refractivity contribution in [2.24, 2.45) is 5.92 Å². The summed E-state index contributed by atoms with van der Waals surface area (Å²) in [6.45, 7) is 0. The van der Waals surface area contributed by atoms with E-state index in [2.05, 4.69) is 10.6 Å². The van der Waals surface area contributed by atoms with Gasteiger partial charge in [0.15, 0.2) is 0 Å². The summed E-state index contributed by atoms with van der Waals surface area (Å²) >= 11 is 12.3. The van der Waals surface area contributed by atoms with Crippen molar-refractivity contribution in [3.05, 3.63) is 94.0 Å². The van der Waals surface area contributed by atoms with Gasteiger partial charge in [0.05, 0.1) is 10.0 Å². The van der Waals surface area contributed by atoms with Gasteiger partial charge >= 0.3 is 0 Å². The molecule has 1 aliphatic rings. The molecule has 4 rings (SSSR count). The molecule has 0 fully saturated rings. The van der Waals surface area contributed by atoms with Crippen molar-refractivity contribution in [3.63, 3.8) is 0 Å². The molecule has 0 aliphatic carbocycles. The van der Waals surface area contributed by atoms with Crippen LogP contribution < -0.4 is 10.6 Å². The van der Waals surface area contributed by atoms with Gasteiger partial charge in [0.1, 0.15) is 5.92 Å². The van der Waals surface area contributed by atoms with Crippen LogP contribution in [-0.4, -0.2) is 11.8 Å². The molecule has 0 radical (unpaired) electrons. The minimum atomic E-state index is -0.952. The zero-order valence-electron chi connectivity index (χ0n) is 14.7. The first-order chi connectivity index (χ1) is 13.5. The van der Waals surface area contributed by atoms with Crippen LogP contribution in [0.5, 0.6) is 0 Å². The average molecular weight is 411 g/mol. The Balaban J connectivity index is 1.79. The number of carbonyl (C=O) groups is 2. The molecule has 3 aromatic rings. The summed E-state index contributed by atoms with van der Waals surface area (Å²) in [6.07, 6.45) is 0. The van der Waals surface area contributed by atoms with Gasteiger partial charge in [0.2, 0.25) is 11.8 Å². The van der Waals surface area contributed by atoms with Crippen molar-refractivity contribution in [3.8, 4) is 0 Å². The predicted molar refractivity (Wildman–Crippen MR) is 112 cm³/mol. The highest BCUT2D eigenvalue weighted by Gasteiger charge is 2.41. The third-order valence-corrected chi connectivity index (χ3v) is 5.54. The molecule has 0 saturated heterocycles. The Kier molecular flexibility index (Phi) is 5.07. The van der Waals surface area contributed by atoms with Crippen LogP contribution in [0.1, 0.15) is 17.0 Å². The second kappa shape index (κ2) is 7.66. The molecule has 0 spiro atoms. The second-order valence-corrected chi connectivity index (χ2v) is 7.38. The molecule has 140 valence electrons. The summed E-state index contributed by atoms with van der Waals surface area (Å²) in [5.74, 6) is -2.17. The number of benzene rings is 3. The SMILES string of the molecule is O=C(Nc1ccccc1)[C@H]1C(=O)Nc2ccccc2[C@H]1c1ccc(Cl)c(Cl)c1. The molecular formula is C22H16Cl2N2O2. The van der Waals surface area contributed by atoms with Crippen LogP contribution in [0.3, 0.4) is 0 Å². The highest BCUT2D eigenvalue weighted by molar-refractivity contribution is 6.42. The molecule has 0 bridgehead atoms. The lowest BCUT2D eigenvalue weighted by Crippen LogP contribution is -2.42. The monoisotopic (exact) mass is 410 g/mol. The number of carbonyl (C=O) groups excluding carboxylic acids is 2. The maximum absolute atomic E-state index is 13.1. The Morgan fingerprint density at radius 3 is 2.36 bits per heavy atom. The summed E-state index contributed by atoms with van der Waals surface area (Å²) < 4.78 is 0. The number of hydrogen-bond donors (Lipinski definition) is 2. The smallest absolute Gasteiger partial charge is 0.237 e. The fourth-order valence-corrected chi connectivity index (χ4v) is 3.82. The van der Waals surface area contributed by atoms with Crippen LogP contribution in [0.4, 0.5) is 11.4 Å². The van der Waals surface area contributed by atoms with Crippen molar-refractivity contribution < 1.29 is 9.59 Å². The fourth-order valence-electron chi connectivity index (χ4n) is 3.51. The Labute approximate surface area is 172 Å². The molecule has 6 heteroatoms. The van der Waals surface area contributed by atoms with Crippen LogP contribution >= 0.6 is 23.2 Å². The molecule has 2 atom stereocenters. The molecule has 3 aromatic carbocycles. The van der Waals surface area contributed by atoms with E-state index < -0.39 is 11.8 Å². The maximum Gasteiger partial charge on any atom is 0.237 e. The molecular weight excluding hydrogens is 395 g/mol. The van der Waals surface area contributed by atoms with Crippen molar-refractivity contribution in [1.29, 1.82) is 0 Å². The van der Waals surface area contributed by atoms with Crippen molar-refractivity contribution in [2.45, 2.75) is 5.92 Å². The first-order valence-corrected chi connectivity index (χ1v) is 9.51. The number of nitrogens with one attached hydrogen (secondary N) is 2. The number of rotatable bonds is 3. The minimum absolute atomic E-state index is 0.358. The van der Waals surface area contributed by atoms with E-state index in [0.717, 1.165) is 11.1 Å². The summed E-state index contributed by atoms with van der Waals surface area (Å²) in [5, 5.41) is 6.48. The molecule has 2 amide bonds. The summed E-state index contributed by atoms with van der Waals surface area (Å²) in [4.78, 5) is 26.0. The Morgan fingerprint density at radius 2 is 1.61 bits per heavy atom. The Morgan fingerprint density at radius 1 is 0.893 bits per heavy atom. The van der Waals surface area contributed by atoms with Crippen LogP contribution in [0.2, 0.25) is 10.0 Å². The Bertz CT molecular complexity index is 1050. The minimum Gasteiger partial charge on any atom is -0.325 e. The topological polar surface area (TPSA) is 58.2 Å². The number of hydrogen-bond acceptors (Lipinski definition) is 2. The van der Waals surface area contributed by atoms with E-state index in [1.807, 2.05) is 42.5 Å². The Hall–Kier alpha value is -2.82. The molecule has 0 aromatic heterocycles. The lowest BCUT2D eigenvalue weighted by Gasteiger charge is -2.32. The van der Waals surface area contributed by atoms with E-state index in [0.29, 0.717) is 21.4 Å². The summed E-state index contributed by atoms with van der Waals surface area (Å²) in [7, 11) is 0. The van der Waals surface area contributed by atoms with Crippen LogP contribution in [-0.2, 0) is 9.59 Å². The molecule has 0 unspecified atom stereocenters. The van der Waals surface area contributed by atoms with Crippen LogP contribution in [0.15, 0.2) is 72.8 Å². The van der Waals surface area contributed by atoms with Gasteiger partial charge in [0.25, 0.3) is 0 Å². The number of anilines is 2. The van der Waals surface area contributed by atoms with Gasteiger partial charge in [-0.1, -0.05) is 65.7 Å². The number of amides is 2. The fraction of sp³-hybridized carbons (Fsp3) is 0.0909. The summed E-state index contributed by atoms with van der Waals surface area (Å²) in [6, 6.07) is 21.7. The molecule has 28 heavy (non-hydrogen) atoms. The highest BCUT2D eigenvalue weighted by Crippen LogP contribution is 2.42. The maximum atomic E-state index is 13.1. The van der Waals surface area contributed by atoms with E-state index in [9.17, 15) is 9.59 Å². The van der Waals surface area contributed by atoms with Gasteiger partial charge in [0, 0.05) is 17.3 Å². The zero-order chi connectivity index (χ0) is 19.7. The summed E-state index contributed by atoms with van der Waals surface area (Å²) in [5.41, 5.74) is 2.93. The predicted octanol–water partition coefficient (Wildman–Crippen LogP) is 5.33.